The SMILES string of the molecule is O=C(CN1CCN(c2ccccc2)CC1)OCC=NC1=NS(=O)(=O)c2ccccc21. The van der Waals surface area contributed by atoms with Crippen LogP contribution in [0.4, 0.5) is 5.69 Å². The molecule has 1 fully saturated rings. The van der Waals surface area contributed by atoms with E-state index in [4.69, 9.17) is 4.74 Å². The third kappa shape index (κ3) is 4.58. The quantitative estimate of drug-likeness (QED) is 0.532. The van der Waals surface area contributed by atoms with Crippen LogP contribution in [-0.2, 0) is 19.6 Å². The topological polar surface area (TPSA) is 91.6 Å². The Labute approximate surface area is 175 Å². The van der Waals surface area contributed by atoms with Gasteiger partial charge in [-0.25, -0.2) is 4.99 Å². The molecule has 0 unspecified atom stereocenters. The zero-order chi connectivity index (χ0) is 21.0. The van der Waals surface area contributed by atoms with Crippen LogP contribution in [0.2, 0.25) is 0 Å². The first-order chi connectivity index (χ1) is 14.5. The maximum absolute atomic E-state index is 12.1. The van der Waals surface area contributed by atoms with Crippen molar-refractivity contribution in [2.24, 2.45) is 9.39 Å². The molecule has 2 heterocycles. The van der Waals surface area contributed by atoms with Gasteiger partial charge in [-0.3, -0.25) is 9.69 Å². The number of fused-ring (bicyclic) bond motifs is 1. The standard InChI is InChI=1S/C21H22N4O4S/c26-20(16-24-11-13-25(14-12-24)17-6-2-1-3-7-17)29-15-10-22-21-18-8-4-5-9-19(18)30(27,28)23-21/h1-10H,11-16H2. The van der Waals surface area contributed by atoms with Gasteiger partial charge in [-0.2, -0.15) is 8.42 Å². The number of para-hydroxylation sites is 1. The summed E-state index contributed by atoms with van der Waals surface area (Å²) in [6.07, 6.45) is 1.36. The Morgan fingerprint density at radius 1 is 1.03 bits per heavy atom. The summed E-state index contributed by atoms with van der Waals surface area (Å²) in [4.78, 5) is 20.7. The van der Waals surface area contributed by atoms with Gasteiger partial charge in [0.15, 0.2) is 5.84 Å². The second kappa shape index (κ2) is 8.76. The van der Waals surface area contributed by atoms with Crippen molar-refractivity contribution in [2.75, 3.05) is 44.2 Å². The summed E-state index contributed by atoms with van der Waals surface area (Å²) < 4.78 is 32.8. The van der Waals surface area contributed by atoms with Crippen LogP contribution in [0.5, 0.6) is 0 Å². The molecule has 156 valence electrons. The minimum Gasteiger partial charge on any atom is -0.459 e. The van der Waals surface area contributed by atoms with Gasteiger partial charge in [-0.05, 0) is 24.3 Å². The molecule has 0 N–H and O–H groups in total. The molecule has 2 aromatic carbocycles. The van der Waals surface area contributed by atoms with E-state index >= 15 is 0 Å². The normalized spacial score (nSPS) is 18.3. The highest BCUT2D eigenvalue weighted by Gasteiger charge is 2.27. The molecule has 9 heteroatoms. The van der Waals surface area contributed by atoms with Crippen LogP contribution in [0.3, 0.4) is 0 Å². The van der Waals surface area contributed by atoms with Crippen molar-refractivity contribution >= 4 is 33.7 Å². The van der Waals surface area contributed by atoms with Gasteiger partial charge >= 0.3 is 5.97 Å². The van der Waals surface area contributed by atoms with Crippen LogP contribution in [-0.4, -0.2) is 70.7 Å². The fourth-order valence-electron chi connectivity index (χ4n) is 3.47. The largest absolute Gasteiger partial charge is 0.459 e. The van der Waals surface area contributed by atoms with Crippen molar-refractivity contribution in [2.45, 2.75) is 4.90 Å². The van der Waals surface area contributed by atoms with E-state index in [1.165, 1.54) is 18.0 Å². The predicted molar refractivity (Wildman–Crippen MR) is 115 cm³/mol. The Bertz CT molecular complexity index is 1080. The summed E-state index contributed by atoms with van der Waals surface area (Å²) in [5.74, 6) is -0.227. The Morgan fingerprint density at radius 3 is 2.50 bits per heavy atom. The third-order valence-corrected chi connectivity index (χ3v) is 6.32. The molecule has 8 nitrogen and oxygen atoms in total. The van der Waals surface area contributed by atoms with Crippen molar-refractivity contribution < 1.29 is 17.9 Å². The van der Waals surface area contributed by atoms with E-state index in [9.17, 15) is 13.2 Å². The van der Waals surface area contributed by atoms with Gasteiger partial charge in [0.05, 0.1) is 6.54 Å². The molecule has 4 rings (SSSR count). The van der Waals surface area contributed by atoms with Crippen LogP contribution in [0.25, 0.3) is 0 Å². The second-order valence-corrected chi connectivity index (χ2v) is 8.55. The van der Waals surface area contributed by atoms with Gasteiger partial charge in [0.25, 0.3) is 10.0 Å². The minimum absolute atomic E-state index is 0.0377. The summed E-state index contributed by atoms with van der Waals surface area (Å²) in [5, 5.41) is 0. The summed E-state index contributed by atoms with van der Waals surface area (Å²) >= 11 is 0. The summed E-state index contributed by atoms with van der Waals surface area (Å²) in [6.45, 7) is 3.45. The van der Waals surface area contributed by atoms with Crippen LogP contribution >= 0.6 is 0 Å². The number of sulfonamides is 1. The zero-order valence-electron chi connectivity index (χ0n) is 16.3. The van der Waals surface area contributed by atoms with Gasteiger partial charge in [0, 0.05) is 43.6 Å². The highest BCUT2D eigenvalue weighted by Crippen LogP contribution is 2.26. The van der Waals surface area contributed by atoms with Crippen molar-refractivity contribution in [1.82, 2.24) is 4.90 Å². The minimum atomic E-state index is -3.70. The van der Waals surface area contributed by atoms with Crippen LogP contribution in [0.1, 0.15) is 5.56 Å². The zero-order valence-corrected chi connectivity index (χ0v) is 17.2. The lowest BCUT2D eigenvalue weighted by Crippen LogP contribution is -2.48. The number of nitrogens with zero attached hydrogens (tertiary/aromatic N) is 4. The first kappa shape index (κ1) is 20.2. The van der Waals surface area contributed by atoms with Gasteiger partial charge in [-0.15, -0.1) is 4.40 Å². The number of rotatable bonds is 5. The van der Waals surface area contributed by atoms with Crippen molar-refractivity contribution in [3.05, 3.63) is 60.2 Å². The molecule has 0 aliphatic carbocycles. The molecule has 0 atom stereocenters. The Morgan fingerprint density at radius 2 is 1.73 bits per heavy atom. The predicted octanol–water partition coefficient (Wildman–Crippen LogP) is 1.57. The number of hydrogen-bond acceptors (Lipinski definition) is 7. The van der Waals surface area contributed by atoms with Crippen molar-refractivity contribution in [3.8, 4) is 0 Å². The smallest absolute Gasteiger partial charge is 0.320 e. The third-order valence-electron chi connectivity index (χ3n) is 4.99. The number of esters is 1. The van der Waals surface area contributed by atoms with E-state index in [1.807, 2.05) is 18.2 Å². The second-order valence-electron chi connectivity index (χ2n) is 6.98. The lowest BCUT2D eigenvalue weighted by molar-refractivity contribution is -0.143. The molecule has 2 aromatic rings. The molecule has 2 aliphatic heterocycles. The van der Waals surface area contributed by atoms with Gasteiger partial charge in [-0.1, -0.05) is 30.3 Å². The number of anilines is 1. The highest BCUT2D eigenvalue weighted by molar-refractivity contribution is 7.90. The maximum Gasteiger partial charge on any atom is 0.320 e. The van der Waals surface area contributed by atoms with Crippen molar-refractivity contribution in [1.29, 1.82) is 0 Å². The van der Waals surface area contributed by atoms with E-state index in [2.05, 4.69) is 31.3 Å². The number of piperazine rings is 1. The molecule has 0 spiro atoms. The summed E-state index contributed by atoms with van der Waals surface area (Å²) in [6, 6.07) is 16.7. The molecular weight excluding hydrogens is 404 g/mol. The van der Waals surface area contributed by atoms with Crippen LogP contribution in [0, 0.1) is 0 Å². The average molecular weight is 426 g/mol. The molecule has 30 heavy (non-hydrogen) atoms. The van der Waals surface area contributed by atoms with Gasteiger partial charge < -0.3 is 9.64 Å². The molecular formula is C21H22N4O4S. The number of hydrogen-bond donors (Lipinski definition) is 0. The van der Waals surface area contributed by atoms with E-state index < -0.39 is 10.0 Å². The number of ether oxygens (including phenoxy) is 1. The maximum atomic E-state index is 12.1. The number of carbonyl (C=O) groups excluding carboxylic acids is 1. The molecule has 0 radical (unpaired) electrons. The van der Waals surface area contributed by atoms with Gasteiger partial charge in [0.1, 0.15) is 11.5 Å². The molecule has 2 aliphatic rings. The Kier molecular flexibility index (Phi) is 5.91. The van der Waals surface area contributed by atoms with E-state index in [0.717, 1.165) is 26.2 Å². The molecule has 0 aromatic heterocycles. The molecule has 1 saturated heterocycles. The fraction of sp³-hybridized carbons (Fsp3) is 0.286. The monoisotopic (exact) mass is 426 g/mol. The van der Waals surface area contributed by atoms with Gasteiger partial charge in [0.2, 0.25) is 0 Å². The Balaban J connectivity index is 1.23. The first-order valence-corrected chi connectivity index (χ1v) is 11.1. The van der Waals surface area contributed by atoms with E-state index in [0.29, 0.717) is 5.56 Å². The van der Waals surface area contributed by atoms with E-state index in [-0.39, 0.29) is 29.9 Å². The summed E-state index contributed by atoms with van der Waals surface area (Å²) in [7, 11) is -3.70. The Hall–Kier alpha value is -3.04. The summed E-state index contributed by atoms with van der Waals surface area (Å²) in [5.41, 5.74) is 1.64. The first-order valence-electron chi connectivity index (χ1n) is 9.68. The lowest BCUT2D eigenvalue weighted by atomic mass is 10.2. The number of carbonyl (C=O) groups is 1. The fourth-order valence-corrected chi connectivity index (χ4v) is 4.63. The lowest BCUT2D eigenvalue weighted by Gasteiger charge is -2.35. The number of amidine groups is 1. The molecule has 0 bridgehead atoms. The molecule has 0 amide bonds. The molecule has 0 saturated carbocycles. The van der Waals surface area contributed by atoms with Crippen LogP contribution < -0.4 is 4.90 Å². The highest BCUT2D eigenvalue weighted by atomic mass is 32.2. The van der Waals surface area contributed by atoms with Crippen LogP contribution in [0.15, 0.2) is 68.9 Å². The van der Waals surface area contributed by atoms with E-state index in [1.54, 1.807) is 18.2 Å². The van der Waals surface area contributed by atoms with Crippen molar-refractivity contribution in [3.63, 3.8) is 0 Å². The number of benzene rings is 2. The average Bonchev–Trinajstić information content (AvgIpc) is 3.03. The number of aliphatic imine (C=N–C) groups is 1.